The second-order valence-electron chi connectivity index (χ2n) is 9.54. The number of hydrogen-bond acceptors (Lipinski definition) is 4. The fourth-order valence-electron chi connectivity index (χ4n) is 5.88. The quantitative estimate of drug-likeness (QED) is 0.532. The molecule has 2 aliphatic rings. The molecule has 0 saturated carbocycles. The zero-order valence-electron chi connectivity index (χ0n) is 19.8. The van der Waals surface area contributed by atoms with E-state index in [2.05, 4.69) is 5.32 Å². The largest absolute Gasteiger partial charge is 0.394 e. The fourth-order valence-corrected chi connectivity index (χ4v) is 5.88. The van der Waals surface area contributed by atoms with E-state index in [9.17, 15) is 14.7 Å². The number of ether oxygens (including phenoxy) is 1. The Labute approximate surface area is 205 Å². The van der Waals surface area contributed by atoms with Gasteiger partial charge in [-0.3, -0.25) is 15.0 Å². The molecule has 0 radical (unpaired) electrons. The second-order valence-corrected chi connectivity index (χ2v) is 9.54. The van der Waals surface area contributed by atoms with Gasteiger partial charge in [0.1, 0.15) is 6.23 Å². The number of aliphatic hydroxyl groups excluding tert-OH is 1. The summed E-state index contributed by atoms with van der Waals surface area (Å²) in [6.45, 7) is 2.01. The van der Waals surface area contributed by atoms with Gasteiger partial charge < -0.3 is 9.84 Å². The summed E-state index contributed by atoms with van der Waals surface area (Å²) >= 11 is 0. The first-order valence-electron chi connectivity index (χ1n) is 12.1. The number of carbonyl (C=O) groups is 2. The smallest absolute Gasteiger partial charge is 0.326 e. The fraction of sp³-hybridized carbons (Fsp3) is 0.310. The first kappa shape index (κ1) is 23.3. The first-order valence-corrected chi connectivity index (χ1v) is 12.1. The lowest BCUT2D eigenvalue weighted by atomic mass is 9.53. The van der Waals surface area contributed by atoms with Crippen molar-refractivity contribution in [3.8, 4) is 0 Å². The Morgan fingerprint density at radius 1 is 0.886 bits per heavy atom. The molecule has 180 valence electrons. The van der Waals surface area contributed by atoms with E-state index in [4.69, 9.17) is 4.74 Å². The lowest BCUT2D eigenvalue weighted by Crippen LogP contribution is -2.68. The van der Waals surface area contributed by atoms with E-state index in [1.807, 2.05) is 97.9 Å². The Morgan fingerprint density at radius 3 is 1.80 bits per heavy atom. The number of aliphatic hydroxyl groups is 1. The van der Waals surface area contributed by atoms with E-state index in [1.165, 1.54) is 0 Å². The highest BCUT2D eigenvalue weighted by Gasteiger charge is 2.60. The van der Waals surface area contributed by atoms with Crippen molar-refractivity contribution in [2.24, 2.45) is 5.41 Å². The maximum atomic E-state index is 13.9. The van der Waals surface area contributed by atoms with Crippen molar-refractivity contribution in [3.63, 3.8) is 0 Å². The van der Waals surface area contributed by atoms with Crippen molar-refractivity contribution in [3.05, 3.63) is 108 Å². The highest BCUT2D eigenvalue weighted by atomic mass is 16.5. The molecule has 35 heavy (non-hydrogen) atoms. The van der Waals surface area contributed by atoms with Crippen LogP contribution in [0.4, 0.5) is 4.79 Å². The van der Waals surface area contributed by atoms with Crippen molar-refractivity contribution in [1.82, 2.24) is 10.2 Å². The summed E-state index contributed by atoms with van der Waals surface area (Å²) in [5.74, 6) is -0.327. The third-order valence-corrected chi connectivity index (χ3v) is 7.55. The topological polar surface area (TPSA) is 78.9 Å². The summed E-state index contributed by atoms with van der Waals surface area (Å²) < 4.78 is 5.98. The molecular formula is C29H30N2O4. The van der Waals surface area contributed by atoms with Gasteiger partial charge in [0, 0.05) is 6.54 Å². The molecule has 2 N–H and O–H groups in total. The van der Waals surface area contributed by atoms with Gasteiger partial charge in [0.25, 0.3) is 0 Å². The average molecular weight is 471 g/mol. The number of nitrogens with zero attached hydrogens (tertiary/aromatic N) is 1. The van der Waals surface area contributed by atoms with Gasteiger partial charge in [0.2, 0.25) is 5.91 Å². The van der Waals surface area contributed by atoms with Crippen LogP contribution in [0.5, 0.6) is 0 Å². The minimum atomic E-state index is -1.08. The van der Waals surface area contributed by atoms with Gasteiger partial charge in [-0.25, -0.2) is 4.79 Å². The van der Waals surface area contributed by atoms with Crippen LogP contribution in [-0.4, -0.2) is 47.4 Å². The Kier molecular flexibility index (Phi) is 6.17. The summed E-state index contributed by atoms with van der Waals surface area (Å²) in [7, 11) is 0. The molecule has 0 aromatic heterocycles. The molecule has 0 aliphatic carbocycles. The summed E-state index contributed by atoms with van der Waals surface area (Å²) in [4.78, 5) is 28.6. The molecule has 0 spiro atoms. The normalized spacial score (nSPS) is 24.9. The molecule has 2 fully saturated rings. The van der Waals surface area contributed by atoms with Gasteiger partial charge in [-0.2, -0.15) is 0 Å². The third kappa shape index (κ3) is 3.74. The molecule has 3 amide bonds. The number of imide groups is 1. The van der Waals surface area contributed by atoms with E-state index in [0.717, 1.165) is 16.7 Å². The van der Waals surface area contributed by atoms with Gasteiger partial charge in [-0.1, -0.05) is 91.0 Å². The SMILES string of the molecule is C[C@]1(C(c2ccccc2)(c2ccccc2)c2ccccc2)CN([C@H]2CC[C@@H](CO)O2)C(=O)NC1=O. The number of hydrogen-bond donors (Lipinski definition) is 2. The minimum Gasteiger partial charge on any atom is -0.394 e. The Balaban J connectivity index is 1.74. The van der Waals surface area contributed by atoms with Crippen LogP contribution < -0.4 is 5.32 Å². The minimum absolute atomic E-state index is 0.0931. The van der Waals surface area contributed by atoms with Gasteiger partial charge >= 0.3 is 6.03 Å². The van der Waals surface area contributed by atoms with Crippen LogP contribution in [0.3, 0.4) is 0 Å². The third-order valence-electron chi connectivity index (χ3n) is 7.55. The average Bonchev–Trinajstić information content (AvgIpc) is 3.38. The van der Waals surface area contributed by atoms with Crippen LogP contribution in [0.15, 0.2) is 91.0 Å². The maximum Gasteiger partial charge on any atom is 0.326 e. The lowest BCUT2D eigenvalue weighted by molar-refractivity contribution is -0.139. The predicted octanol–water partition coefficient (Wildman–Crippen LogP) is 4.08. The van der Waals surface area contributed by atoms with Crippen LogP contribution in [0.1, 0.15) is 36.5 Å². The lowest BCUT2D eigenvalue weighted by Gasteiger charge is -2.53. The number of rotatable bonds is 6. The first-order chi connectivity index (χ1) is 17.0. The van der Waals surface area contributed by atoms with Crippen molar-refractivity contribution in [1.29, 1.82) is 0 Å². The Hall–Kier alpha value is -3.48. The summed E-state index contributed by atoms with van der Waals surface area (Å²) in [5, 5.41) is 12.2. The van der Waals surface area contributed by atoms with Crippen LogP contribution in [0, 0.1) is 5.41 Å². The summed E-state index contributed by atoms with van der Waals surface area (Å²) in [6.07, 6.45) is 0.466. The standard InChI is InChI=1S/C29H30N2O4/c1-28(20-31(27(34)30-26(28)33)25-18-17-24(19-32)35-25)29(21-11-5-2-6-12-21,22-13-7-3-8-14-22)23-15-9-4-10-16-23/h2-16,24-25,32H,17-20H2,1H3,(H,30,33,34)/t24-,25+,28-/m0/s1. The molecule has 0 unspecified atom stereocenters. The van der Waals surface area contributed by atoms with E-state index in [1.54, 1.807) is 4.90 Å². The number of nitrogens with one attached hydrogen (secondary N) is 1. The predicted molar refractivity (Wildman–Crippen MR) is 133 cm³/mol. The zero-order chi connectivity index (χ0) is 24.5. The molecule has 5 rings (SSSR count). The van der Waals surface area contributed by atoms with Crippen LogP contribution in [-0.2, 0) is 14.9 Å². The monoisotopic (exact) mass is 470 g/mol. The van der Waals surface area contributed by atoms with Crippen molar-refractivity contribution in [2.75, 3.05) is 13.2 Å². The van der Waals surface area contributed by atoms with Crippen LogP contribution >= 0.6 is 0 Å². The number of amides is 3. The van der Waals surface area contributed by atoms with Crippen molar-refractivity contribution in [2.45, 2.75) is 37.5 Å². The molecule has 6 heteroatoms. The summed E-state index contributed by atoms with van der Waals surface area (Å²) in [6, 6.07) is 29.6. The zero-order valence-corrected chi connectivity index (χ0v) is 19.8. The molecular weight excluding hydrogens is 440 g/mol. The molecule has 3 aromatic carbocycles. The highest BCUT2D eigenvalue weighted by molar-refractivity contribution is 6.01. The second kappa shape index (κ2) is 9.29. The maximum absolute atomic E-state index is 13.9. The molecule has 2 heterocycles. The van der Waals surface area contributed by atoms with E-state index in [0.29, 0.717) is 12.8 Å². The van der Waals surface area contributed by atoms with Gasteiger partial charge in [0.05, 0.1) is 23.5 Å². The van der Waals surface area contributed by atoms with E-state index < -0.39 is 23.1 Å². The van der Waals surface area contributed by atoms with Crippen LogP contribution in [0.2, 0.25) is 0 Å². The summed E-state index contributed by atoms with van der Waals surface area (Å²) in [5.41, 5.74) is 0.917. The van der Waals surface area contributed by atoms with Crippen molar-refractivity contribution >= 4 is 11.9 Å². The molecule has 2 saturated heterocycles. The number of benzene rings is 3. The molecule has 3 aromatic rings. The number of urea groups is 1. The number of carbonyl (C=O) groups excluding carboxylic acids is 2. The van der Waals surface area contributed by atoms with Crippen molar-refractivity contribution < 1.29 is 19.4 Å². The Morgan fingerprint density at radius 2 is 1.37 bits per heavy atom. The van der Waals surface area contributed by atoms with Gasteiger partial charge in [-0.05, 0) is 36.5 Å². The highest BCUT2D eigenvalue weighted by Crippen LogP contribution is 2.53. The van der Waals surface area contributed by atoms with Crippen LogP contribution in [0.25, 0.3) is 0 Å². The Bertz CT molecular complexity index is 1090. The molecule has 2 aliphatic heterocycles. The molecule has 0 bridgehead atoms. The van der Waals surface area contributed by atoms with E-state index in [-0.39, 0.29) is 25.2 Å². The molecule has 6 nitrogen and oxygen atoms in total. The van der Waals surface area contributed by atoms with Gasteiger partial charge in [0.15, 0.2) is 0 Å². The van der Waals surface area contributed by atoms with E-state index >= 15 is 0 Å². The molecule has 3 atom stereocenters. The van der Waals surface area contributed by atoms with Gasteiger partial charge in [-0.15, -0.1) is 0 Å².